The molecule has 110 valence electrons. The van der Waals surface area contributed by atoms with Crippen molar-refractivity contribution in [2.45, 2.75) is 13.8 Å². The molecule has 0 aliphatic heterocycles. The molecule has 6 heteroatoms. The molecule has 0 amide bonds. The molecule has 0 atom stereocenters. The highest BCUT2D eigenvalue weighted by atomic mass is 16.5. The van der Waals surface area contributed by atoms with Gasteiger partial charge in [-0.15, -0.1) is 10.2 Å². The van der Waals surface area contributed by atoms with Crippen molar-refractivity contribution in [2.24, 2.45) is 10.2 Å². The first-order chi connectivity index (χ1) is 10.2. The van der Waals surface area contributed by atoms with Gasteiger partial charge in [-0.05, 0) is 13.8 Å². The molecule has 1 rings (SSSR count). The van der Waals surface area contributed by atoms with Crippen LogP contribution in [-0.2, 0) is 19.1 Å². The van der Waals surface area contributed by atoms with Gasteiger partial charge in [-0.2, -0.15) is 0 Å². The van der Waals surface area contributed by atoms with Crippen LogP contribution in [0.5, 0.6) is 0 Å². The van der Waals surface area contributed by atoms with E-state index in [0.717, 1.165) is 6.21 Å². The van der Waals surface area contributed by atoms with E-state index in [1.54, 1.807) is 43.7 Å². The Kier molecular flexibility index (Phi) is 7.28. The van der Waals surface area contributed by atoms with Crippen LogP contribution in [0.15, 0.2) is 46.2 Å². The highest BCUT2D eigenvalue weighted by Gasteiger charge is 2.25. The third-order valence-corrected chi connectivity index (χ3v) is 2.29. The standard InChI is InChI=1S/C15H17N2O4/c1-3-5-10-21-15(19)12-8-6-7-9-13(12)17-16-11-14(18)20-4-2/h3,5-9,11H,4,10H2,1-2H3/q+1/b5-3+,16-11?,17-13+. The van der Waals surface area contributed by atoms with E-state index in [0.29, 0.717) is 5.71 Å². The van der Waals surface area contributed by atoms with Crippen molar-refractivity contribution in [3.05, 3.63) is 42.4 Å². The molecular weight excluding hydrogens is 272 g/mol. The molecule has 6 nitrogen and oxygen atoms in total. The van der Waals surface area contributed by atoms with Gasteiger partial charge in [0.1, 0.15) is 12.8 Å². The summed E-state index contributed by atoms with van der Waals surface area (Å²) in [5.74, 6) is -1.09. The fourth-order valence-corrected chi connectivity index (χ4v) is 1.35. The lowest BCUT2D eigenvalue weighted by atomic mass is 10.0. The van der Waals surface area contributed by atoms with Gasteiger partial charge in [-0.1, -0.05) is 12.2 Å². The topological polar surface area (TPSA) is 77.3 Å². The minimum atomic E-state index is -0.589. The smallest absolute Gasteiger partial charge is 0.398 e. The second-order valence-corrected chi connectivity index (χ2v) is 3.78. The van der Waals surface area contributed by atoms with Gasteiger partial charge in [0.15, 0.2) is 5.57 Å². The van der Waals surface area contributed by atoms with Crippen molar-refractivity contribution in [3.8, 4) is 0 Å². The Hall–Kier alpha value is -2.63. The second kappa shape index (κ2) is 9.30. The van der Waals surface area contributed by atoms with Gasteiger partial charge in [0, 0.05) is 6.42 Å². The quantitative estimate of drug-likeness (QED) is 0.245. The zero-order valence-electron chi connectivity index (χ0n) is 12.0. The highest BCUT2D eigenvalue weighted by molar-refractivity contribution is 6.26. The van der Waals surface area contributed by atoms with E-state index >= 15 is 0 Å². The molecule has 0 spiro atoms. The molecule has 0 aromatic heterocycles. The number of nitrogens with zero attached hydrogens (tertiary/aromatic N) is 2. The minimum Gasteiger partial charge on any atom is -0.462 e. The van der Waals surface area contributed by atoms with Crippen molar-refractivity contribution in [1.82, 2.24) is 0 Å². The van der Waals surface area contributed by atoms with Crippen LogP contribution in [-0.4, -0.2) is 37.1 Å². The van der Waals surface area contributed by atoms with Gasteiger partial charge in [-0.3, -0.25) is 0 Å². The average Bonchev–Trinajstić information content (AvgIpc) is 2.48. The van der Waals surface area contributed by atoms with Crippen LogP contribution in [0.3, 0.4) is 0 Å². The molecule has 0 N–H and O–H groups in total. The third kappa shape index (κ3) is 5.90. The summed E-state index contributed by atoms with van der Waals surface area (Å²) in [5.41, 5.74) is 0.603. The molecule has 1 aliphatic carbocycles. The van der Waals surface area contributed by atoms with Crippen molar-refractivity contribution < 1.29 is 19.1 Å². The normalized spacial score (nSPS) is 16.1. The number of ether oxygens (including phenoxy) is 2. The summed E-state index contributed by atoms with van der Waals surface area (Å²) in [7, 11) is 0. The molecule has 0 fully saturated rings. The Morgan fingerprint density at radius 3 is 2.90 bits per heavy atom. The average molecular weight is 289 g/mol. The number of hydrogen-bond donors (Lipinski definition) is 0. The number of carbonyl (C=O) groups excluding carboxylic acids is 2. The molecule has 0 unspecified atom stereocenters. The van der Waals surface area contributed by atoms with E-state index < -0.39 is 11.9 Å². The fraction of sp³-hybridized carbons (Fsp3) is 0.267. The monoisotopic (exact) mass is 289 g/mol. The van der Waals surface area contributed by atoms with Gasteiger partial charge >= 0.3 is 11.9 Å². The molecule has 0 bridgehead atoms. The lowest BCUT2D eigenvalue weighted by molar-refractivity contribution is -0.137. The van der Waals surface area contributed by atoms with E-state index in [4.69, 9.17) is 4.74 Å². The zero-order valence-corrected chi connectivity index (χ0v) is 12.0. The summed E-state index contributed by atoms with van der Waals surface area (Å²) in [6, 6.07) is 0. The summed E-state index contributed by atoms with van der Waals surface area (Å²) in [5, 5.41) is 7.43. The van der Waals surface area contributed by atoms with Crippen LogP contribution in [0.25, 0.3) is 0 Å². The molecule has 21 heavy (non-hydrogen) atoms. The Morgan fingerprint density at radius 2 is 2.19 bits per heavy atom. The maximum atomic E-state index is 11.9. The van der Waals surface area contributed by atoms with E-state index in [2.05, 4.69) is 14.9 Å². The van der Waals surface area contributed by atoms with Crippen molar-refractivity contribution in [1.29, 1.82) is 0 Å². The van der Waals surface area contributed by atoms with Crippen LogP contribution in [0.2, 0.25) is 0 Å². The van der Waals surface area contributed by atoms with Crippen molar-refractivity contribution in [2.75, 3.05) is 13.2 Å². The Bertz CT molecular complexity index is 528. The van der Waals surface area contributed by atoms with E-state index in [-0.39, 0.29) is 18.8 Å². The van der Waals surface area contributed by atoms with Gasteiger partial charge in [0.2, 0.25) is 5.71 Å². The van der Waals surface area contributed by atoms with Gasteiger partial charge in [-0.25, -0.2) is 9.59 Å². The first kappa shape index (κ1) is 16.4. The van der Waals surface area contributed by atoms with Crippen molar-refractivity contribution in [3.63, 3.8) is 0 Å². The van der Waals surface area contributed by atoms with Crippen molar-refractivity contribution >= 4 is 23.9 Å². The number of allylic oxidation sites excluding steroid dienone is 4. The molecule has 0 aromatic rings. The predicted octanol–water partition coefficient (Wildman–Crippen LogP) is 1.80. The highest BCUT2D eigenvalue weighted by Crippen LogP contribution is 2.11. The van der Waals surface area contributed by atoms with Crippen LogP contribution >= 0.6 is 0 Å². The fourth-order valence-electron chi connectivity index (χ4n) is 1.35. The summed E-state index contributed by atoms with van der Waals surface area (Å²) < 4.78 is 9.72. The molecule has 0 saturated carbocycles. The Morgan fingerprint density at radius 1 is 1.38 bits per heavy atom. The number of esters is 2. The molecule has 1 aliphatic rings. The number of carbonyl (C=O) groups is 2. The maximum Gasteiger partial charge on any atom is 0.398 e. The molecule has 0 radical (unpaired) electrons. The second-order valence-electron chi connectivity index (χ2n) is 3.78. The third-order valence-electron chi connectivity index (χ3n) is 2.29. The number of hydrogen-bond acceptors (Lipinski definition) is 6. The first-order valence-electron chi connectivity index (χ1n) is 6.47. The largest absolute Gasteiger partial charge is 0.462 e. The van der Waals surface area contributed by atoms with Crippen LogP contribution in [0, 0.1) is 6.42 Å². The SMILES string of the molecule is C/C=C/COC(=O)C1=C[CH+]C=C/C1=N\N=CC(=O)OCC. The van der Waals surface area contributed by atoms with E-state index in [1.165, 1.54) is 0 Å². The first-order valence-corrected chi connectivity index (χ1v) is 6.47. The van der Waals surface area contributed by atoms with Crippen LogP contribution in [0.4, 0.5) is 0 Å². The van der Waals surface area contributed by atoms with E-state index in [9.17, 15) is 9.59 Å². The molecule has 0 aromatic carbocycles. The van der Waals surface area contributed by atoms with Crippen LogP contribution < -0.4 is 0 Å². The zero-order chi connectivity index (χ0) is 15.5. The number of rotatable bonds is 6. The molecule has 0 heterocycles. The summed E-state index contributed by atoms with van der Waals surface area (Å²) >= 11 is 0. The predicted molar refractivity (Wildman–Crippen MR) is 79.9 cm³/mol. The molecule has 0 saturated heterocycles. The minimum absolute atomic E-state index is 0.190. The summed E-state index contributed by atoms with van der Waals surface area (Å²) in [6.45, 7) is 3.98. The van der Waals surface area contributed by atoms with Gasteiger partial charge in [0.05, 0.1) is 24.8 Å². The molecular formula is C15H17N2O4+. The Labute approximate surface area is 123 Å². The van der Waals surface area contributed by atoms with E-state index in [1.807, 2.05) is 6.92 Å². The summed E-state index contributed by atoms with van der Waals surface area (Å²) in [6.07, 6.45) is 11.0. The van der Waals surface area contributed by atoms with Gasteiger partial charge in [0.25, 0.3) is 0 Å². The lowest BCUT2D eigenvalue weighted by Crippen LogP contribution is -2.16. The van der Waals surface area contributed by atoms with Crippen LogP contribution in [0.1, 0.15) is 13.8 Å². The maximum absolute atomic E-state index is 11.9. The lowest BCUT2D eigenvalue weighted by Gasteiger charge is -2.02. The van der Waals surface area contributed by atoms with Gasteiger partial charge < -0.3 is 9.47 Å². The Balaban J connectivity index is 2.72. The summed E-state index contributed by atoms with van der Waals surface area (Å²) in [4.78, 5) is 23.0.